The highest BCUT2D eigenvalue weighted by molar-refractivity contribution is 7.15. The van der Waals surface area contributed by atoms with E-state index in [0.717, 1.165) is 16.2 Å². The van der Waals surface area contributed by atoms with E-state index in [0.29, 0.717) is 51.6 Å². The third-order valence-electron chi connectivity index (χ3n) is 7.61. The number of aromatic nitrogens is 5. The summed E-state index contributed by atoms with van der Waals surface area (Å²) < 4.78 is 34.1. The largest absolute Gasteiger partial charge is 0.386 e. The zero-order chi connectivity index (χ0) is 28.9. The van der Waals surface area contributed by atoms with Crippen molar-refractivity contribution in [1.29, 1.82) is 0 Å². The van der Waals surface area contributed by atoms with Gasteiger partial charge in [-0.25, -0.2) is 23.5 Å². The normalized spacial score (nSPS) is 15.5. The van der Waals surface area contributed by atoms with Crippen molar-refractivity contribution in [2.75, 3.05) is 18.0 Å². The number of rotatable bonds is 4. The van der Waals surface area contributed by atoms with Crippen molar-refractivity contribution in [1.82, 2.24) is 23.7 Å². The summed E-state index contributed by atoms with van der Waals surface area (Å²) in [6, 6.07) is 7.15. The van der Waals surface area contributed by atoms with Crippen LogP contribution in [-0.2, 0) is 19.5 Å². The molecule has 0 spiro atoms. The molecule has 0 saturated carbocycles. The Balaban J connectivity index is 1.68. The fourth-order valence-electron chi connectivity index (χ4n) is 5.71. The van der Waals surface area contributed by atoms with Crippen LogP contribution in [0.25, 0.3) is 38.2 Å². The first kappa shape index (κ1) is 26.6. The number of aryl methyl sites for hydroxylation is 3. The predicted molar refractivity (Wildman–Crippen MR) is 155 cm³/mol. The molecule has 0 bridgehead atoms. The van der Waals surface area contributed by atoms with Crippen LogP contribution in [0, 0.1) is 6.92 Å². The number of fused-ring (bicyclic) bond motifs is 2. The van der Waals surface area contributed by atoms with Gasteiger partial charge in [0.15, 0.2) is 0 Å². The van der Waals surface area contributed by atoms with Crippen LogP contribution >= 0.6 is 11.3 Å². The molecule has 4 heterocycles. The molecule has 5 aromatic rings. The van der Waals surface area contributed by atoms with Crippen LogP contribution in [0.1, 0.15) is 50.5 Å². The van der Waals surface area contributed by atoms with Gasteiger partial charge in [0.1, 0.15) is 5.82 Å². The highest BCUT2D eigenvalue weighted by Crippen LogP contribution is 2.41. The standard InChI is InChI=1S/C29H32F2N6O2S/c1-15-32-12-23(40-15)17-10-19-20(11-18(17)25(30)31)37(26(33-19)28(2,3)4)16-8-21-24(35(7)27(38)34(21)6)22(9-16)36-13-29(5,39)14-36/h8-12,25,39H,13-14H2,1-7H3. The Morgan fingerprint density at radius 2 is 1.77 bits per heavy atom. The van der Waals surface area contributed by atoms with E-state index < -0.39 is 17.4 Å². The number of hydrogen-bond donors (Lipinski definition) is 1. The first-order valence-electron chi connectivity index (χ1n) is 13.1. The molecular weight excluding hydrogens is 534 g/mol. The summed E-state index contributed by atoms with van der Waals surface area (Å²) in [5.41, 5.74) is 3.07. The number of alkyl halides is 2. The Bertz CT molecular complexity index is 1860. The van der Waals surface area contributed by atoms with Gasteiger partial charge in [-0.15, -0.1) is 11.3 Å². The molecular formula is C29H32F2N6O2S. The number of hydrogen-bond acceptors (Lipinski definition) is 6. The number of benzene rings is 2. The molecule has 1 N–H and O–H groups in total. The van der Waals surface area contributed by atoms with Crippen molar-refractivity contribution < 1.29 is 13.9 Å². The molecule has 40 heavy (non-hydrogen) atoms. The van der Waals surface area contributed by atoms with Gasteiger partial charge in [0.2, 0.25) is 0 Å². The molecule has 3 aromatic heterocycles. The summed E-state index contributed by atoms with van der Waals surface area (Å²) in [6.45, 7) is 10.6. The summed E-state index contributed by atoms with van der Waals surface area (Å²) in [4.78, 5) is 25.0. The SMILES string of the molecule is Cc1ncc(-c2cc3nc(C(C)(C)C)n(-c4cc(N5CC(C)(O)C5)c5c(c4)n(C)c(=O)n5C)c3cc2C(F)F)s1. The molecule has 0 radical (unpaired) electrons. The van der Waals surface area contributed by atoms with E-state index in [1.54, 1.807) is 42.4 Å². The van der Waals surface area contributed by atoms with Gasteiger partial charge in [-0.2, -0.15) is 0 Å². The minimum Gasteiger partial charge on any atom is -0.386 e. The maximum absolute atomic E-state index is 14.5. The highest BCUT2D eigenvalue weighted by Gasteiger charge is 2.38. The Kier molecular flexibility index (Phi) is 5.80. The van der Waals surface area contributed by atoms with E-state index in [1.165, 1.54) is 17.4 Å². The van der Waals surface area contributed by atoms with Crippen LogP contribution in [0.15, 0.2) is 35.3 Å². The van der Waals surface area contributed by atoms with Crippen molar-refractivity contribution in [3.05, 3.63) is 57.3 Å². The predicted octanol–water partition coefficient (Wildman–Crippen LogP) is 5.45. The van der Waals surface area contributed by atoms with Gasteiger partial charge >= 0.3 is 5.69 Å². The fraction of sp³-hybridized carbons (Fsp3) is 0.414. The van der Waals surface area contributed by atoms with Crippen LogP contribution in [0.2, 0.25) is 0 Å². The number of β-amino-alcohol motifs (C(OH)–C–C–N with tert-alkyl or cyclic N) is 1. The topological polar surface area (TPSA) is 81.1 Å². The van der Waals surface area contributed by atoms with Gasteiger partial charge in [0.25, 0.3) is 6.43 Å². The van der Waals surface area contributed by atoms with Crippen LogP contribution in [0.3, 0.4) is 0 Å². The van der Waals surface area contributed by atoms with Gasteiger partial charge in [-0.3, -0.25) is 13.7 Å². The number of aliphatic hydroxyl groups is 1. The fourth-order valence-corrected chi connectivity index (χ4v) is 6.53. The molecule has 6 rings (SSSR count). The zero-order valence-electron chi connectivity index (χ0n) is 23.6. The van der Waals surface area contributed by atoms with E-state index in [2.05, 4.69) is 4.98 Å². The minimum atomic E-state index is -2.69. The molecule has 8 nitrogen and oxygen atoms in total. The highest BCUT2D eigenvalue weighted by atomic mass is 32.1. The lowest BCUT2D eigenvalue weighted by molar-refractivity contribution is 0.0312. The van der Waals surface area contributed by atoms with Crippen LogP contribution in [-0.4, -0.2) is 47.5 Å². The average molecular weight is 567 g/mol. The molecule has 1 aliphatic rings. The quantitative estimate of drug-likeness (QED) is 0.313. The number of halogens is 2. The van der Waals surface area contributed by atoms with Gasteiger partial charge in [-0.05, 0) is 38.1 Å². The van der Waals surface area contributed by atoms with Crippen molar-refractivity contribution in [2.24, 2.45) is 14.1 Å². The molecule has 1 aliphatic heterocycles. The average Bonchev–Trinajstić information content (AvgIpc) is 3.52. The minimum absolute atomic E-state index is 0.0787. The van der Waals surface area contributed by atoms with Crippen LogP contribution in [0.5, 0.6) is 0 Å². The third-order valence-corrected chi connectivity index (χ3v) is 8.55. The maximum atomic E-state index is 14.5. The van der Waals surface area contributed by atoms with E-state index >= 15 is 0 Å². The van der Waals surface area contributed by atoms with Crippen molar-refractivity contribution >= 4 is 39.1 Å². The Morgan fingerprint density at radius 3 is 2.35 bits per heavy atom. The zero-order valence-corrected chi connectivity index (χ0v) is 24.4. The molecule has 0 aliphatic carbocycles. The Labute approximate surface area is 234 Å². The number of anilines is 1. The van der Waals surface area contributed by atoms with E-state index in [-0.39, 0.29) is 11.3 Å². The van der Waals surface area contributed by atoms with Crippen LogP contribution in [0.4, 0.5) is 14.5 Å². The summed E-state index contributed by atoms with van der Waals surface area (Å²) in [5.74, 6) is 0.710. The van der Waals surface area contributed by atoms with Gasteiger partial charge in [0.05, 0.1) is 48.9 Å². The molecule has 210 valence electrons. The van der Waals surface area contributed by atoms with E-state index in [9.17, 15) is 18.7 Å². The Hall–Kier alpha value is -3.57. The summed E-state index contributed by atoms with van der Waals surface area (Å²) >= 11 is 1.37. The van der Waals surface area contributed by atoms with Crippen molar-refractivity contribution in [3.8, 4) is 16.1 Å². The van der Waals surface area contributed by atoms with Crippen molar-refractivity contribution in [2.45, 2.75) is 52.1 Å². The molecule has 0 unspecified atom stereocenters. The number of nitrogens with zero attached hydrogens (tertiary/aromatic N) is 6. The molecule has 1 saturated heterocycles. The molecule has 0 amide bonds. The van der Waals surface area contributed by atoms with Gasteiger partial charge in [-0.1, -0.05) is 20.8 Å². The summed E-state index contributed by atoms with van der Waals surface area (Å²) in [7, 11) is 3.45. The second-order valence-electron chi connectivity index (χ2n) is 12.1. The lowest BCUT2D eigenvalue weighted by Crippen LogP contribution is -2.60. The summed E-state index contributed by atoms with van der Waals surface area (Å²) in [5, 5.41) is 11.3. The van der Waals surface area contributed by atoms with Gasteiger partial charge in [0, 0.05) is 49.9 Å². The third kappa shape index (κ3) is 4.05. The molecule has 0 atom stereocenters. The Morgan fingerprint density at radius 1 is 1.07 bits per heavy atom. The van der Waals surface area contributed by atoms with Crippen molar-refractivity contribution in [3.63, 3.8) is 0 Å². The second-order valence-corrected chi connectivity index (χ2v) is 13.3. The molecule has 11 heteroatoms. The monoisotopic (exact) mass is 566 g/mol. The first-order valence-corrected chi connectivity index (χ1v) is 13.9. The number of imidazole rings is 2. The lowest BCUT2D eigenvalue weighted by Gasteiger charge is -2.46. The number of thiazole rings is 1. The van der Waals surface area contributed by atoms with E-state index in [4.69, 9.17) is 4.98 Å². The molecule has 2 aromatic carbocycles. The first-order chi connectivity index (χ1) is 18.7. The second kappa shape index (κ2) is 8.71. The maximum Gasteiger partial charge on any atom is 0.328 e. The lowest BCUT2D eigenvalue weighted by atomic mass is 9.94. The van der Waals surface area contributed by atoms with Gasteiger partial charge < -0.3 is 10.0 Å². The van der Waals surface area contributed by atoms with Crippen LogP contribution < -0.4 is 10.6 Å². The summed E-state index contributed by atoms with van der Waals surface area (Å²) in [6.07, 6.45) is -1.06. The molecule has 1 fully saturated rings. The smallest absolute Gasteiger partial charge is 0.328 e. The van der Waals surface area contributed by atoms with E-state index in [1.807, 2.05) is 49.3 Å².